The van der Waals surface area contributed by atoms with Crippen molar-refractivity contribution in [2.45, 2.75) is 37.5 Å². The van der Waals surface area contributed by atoms with Gasteiger partial charge in [0.25, 0.3) is 0 Å². The van der Waals surface area contributed by atoms with Crippen molar-refractivity contribution < 1.29 is 8.42 Å². The molecule has 2 rings (SSSR count). The van der Waals surface area contributed by atoms with E-state index in [4.69, 9.17) is 17.4 Å². The Kier molecular flexibility index (Phi) is 5.98. The lowest BCUT2D eigenvalue weighted by atomic mass is 9.87. The van der Waals surface area contributed by atoms with E-state index in [9.17, 15) is 8.42 Å². The number of nitrogens with two attached hydrogens (primary N) is 1. The summed E-state index contributed by atoms with van der Waals surface area (Å²) in [5, 5.41) is 8.33. The van der Waals surface area contributed by atoms with Crippen LogP contribution in [0, 0.1) is 0 Å². The minimum absolute atomic E-state index is 0.122. The van der Waals surface area contributed by atoms with Gasteiger partial charge in [-0.2, -0.15) is 0 Å². The first kappa shape index (κ1) is 19.6. The van der Waals surface area contributed by atoms with Crippen LogP contribution in [0.4, 0.5) is 0 Å². The molecule has 0 amide bonds. The second kappa shape index (κ2) is 7.64. The summed E-state index contributed by atoms with van der Waals surface area (Å²) in [7, 11) is -3.64. The minimum Gasteiger partial charge on any atom is -0.375 e. The van der Waals surface area contributed by atoms with Crippen molar-refractivity contribution in [1.29, 1.82) is 0 Å². The molecule has 2 aromatic carbocycles. The van der Waals surface area contributed by atoms with Crippen LogP contribution in [0.1, 0.15) is 37.5 Å². The lowest BCUT2D eigenvalue weighted by Gasteiger charge is -2.19. The Hall–Kier alpha value is -1.76. The minimum atomic E-state index is -3.64. The fourth-order valence-electron chi connectivity index (χ4n) is 2.39. The smallest absolute Gasteiger partial charge is 0.238 e. The first-order valence-electron chi connectivity index (χ1n) is 8.08. The van der Waals surface area contributed by atoms with E-state index in [1.807, 2.05) is 12.1 Å². The monoisotopic (exact) mass is 376 g/mol. The molecule has 134 valence electrons. The van der Waals surface area contributed by atoms with Crippen LogP contribution in [0.5, 0.6) is 0 Å². The van der Waals surface area contributed by atoms with Gasteiger partial charge in [-0.3, -0.25) is 0 Å². The average molecular weight is 377 g/mol. The highest BCUT2D eigenvalue weighted by atomic mass is 32.2. The second-order valence-corrected chi connectivity index (χ2v) is 8.99. The molecule has 2 aromatic rings. The number of hydrogen-bond donors (Lipinski definition) is 2. The SMILES string of the molecule is CC(C)(C)c1ccc(C(=S)NCCc2ccc(S(N)(=O)=O)cc2)cc1. The number of primary sulfonamides is 1. The van der Waals surface area contributed by atoms with Crippen molar-refractivity contribution >= 4 is 27.2 Å². The zero-order valence-electron chi connectivity index (χ0n) is 14.7. The Morgan fingerprint density at radius 1 is 1.04 bits per heavy atom. The normalized spacial score (nSPS) is 12.0. The van der Waals surface area contributed by atoms with Gasteiger partial charge in [-0.1, -0.05) is 69.4 Å². The quantitative estimate of drug-likeness (QED) is 0.787. The summed E-state index contributed by atoms with van der Waals surface area (Å²) in [5.41, 5.74) is 3.41. The van der Waals surface area contributed by atoms with Crippen molar-refractivity contribution in [3.63, 3.8) is 0 Å². The topological polar surface area (TPSA) is 72.2 Å². The molecule has 0 unspecified atom stereocenters. The van der Waals surface area contributed by atoms with Crippen LogP contribution in [0.3, 0.4) is 0 Å². The number of benzene rings is 2. The Balaban J connectivity index is 1.90. The van der Waals surface area contributed by atoms with Crippen LogP contribution in [0.15, 0.2) is 53.4 Å². The van der Waals surface area contributed by atoms with Crippen molar-refractivity contribution in [3.8, 4) is 0 Å². The predicted molar refractivity (Wildman–Crippen MR) is 106 cm³/mol. The maximum absolute atomic E-state index is 11.2. The molecule has 0 fully saturated rings. The van der Waals surface area contributed by atoms with Crippen molar-refractivity contribution in [3.05, 3.63) is 65.2 Å². The summed E-state index contributed by atoms with van der Waals surface area (Å²) in [5.74, 6) is 0. The predicted octanol–water partition coefficient (Wildman–Crippen LogP) is 3.14. The molecule has 0 saturated carbocycles. The van der Waals surface area contributed by atoms with Gasteiger partial charge in [-0.15, -0.1) is 0 Å². The molecule has 0 bridgehead atoms. The van der Waals surface area contributed by atoms with Gasteiger partial charge in [0, 0.05) is 12.1 Å². The Morgan fingerprint density at radius 3 is 2.08 bits per heavy atom. The zero-order chi connectivity index (χ0) is 18.7. The molecule has 0 atom stereocenters. The zero-order valence-corrected chi connectivity index (χ0v) is 16.4. The Bertz CT molecular complexity index is 834. The van der Waals surface area contributed by atoms with Crippen LogP contribution in [-0.4, -0.2) is 20.0 Å². The van der Waals surface area contributed by atoms with Crippen molar-refractivity contribution in [2.24, 2.45) is 5.14 Å². The number of nitrogens with one attached hydrogen (secondary N) is 1. The van der Waals surface area contributed by atoms with Gasteiger partial charge in [0.1, 0.15) is 4.99 Å². The van der Waals surface area contributed by atoms with E-state index < -0.39 is 10.0 Å². The molecular formula is C19H24N2O2S2. The van der Waals surface area contributed by atoms with Crippen LogP contribution >= 0.6 is 12.2 Å². The number of thiocarbonyl (C=S) groups is 1. The first-order valence-corrected chi connectivity index (χ1v) is 10.0. The van der Waals surface area contributed by atoms with Gasteiger partial charge < -0.3 is 5.32 Å². The van der Waals surface area contributed by atoms with Gasteiger partial charge in [-0.25, -0.2) is 13.6 Å². The third kappa shape index (κ3) is 5.63. The van der Waals surface area contributed by atoms with Crippen LogP contribution in [0.2, 0.25) is 0 Å². The number of hydrogen-bond acceptors (Lipinski definition) is 3. The molecule has 4 nitrogen and oxygen atoms in total. The molecule has 0 spiro atoms. The van der Waals surface area contributed by atoms with E-state index in [0.29, 0.717) is 11.5 Å². The maximum atomic E-state index is 11.2. The summed E-state index contributed by atoms with van der Waals surface area (Å²) in [6, 6.07) is 14.9. The highest BCUT2D eigenvalue weighted by Crippen LogP contribution is 2.22. The van der Waals surface area contributed by atoms with Gasteiger partial charge in [0.2, 0.25) is 10.0 Å². The Morgan fingerprint density at radius 2 is 1.60 bits per heavy atom. The molecule has 6 heteroatoms. The van der Waals surface area contributed by atoms with E-state index in [2.05, 4.69) is 38.2 Å². The van der Waals surface area contributed by atoms with Crippen molar-refractivity contribution in [1.82, 2.24) is 5.32 Å². The third-order valence-corrected chi connectivity index (χ3v) is 5.27. The lowest BCUT2D eigenvalue weighted by Crippen LogP contribution is -2.25. The summed E-state index contributed by atoms with van der Waals surface area (Å²) >= 11 is 5.44. The van der Waals surface area contributed by atoms with E-state index in [1.54, 1.807) is 12.1 Å². The van der Waals surface area contributed by atoms with Crippen LogP contribution in [0.25, 0.3) is 0 Å². The molecule has 0 aromatic heterocycles. The molecule has 25 heavy (non-hydrogen) atoms. The Labute approximate surface area is 155 Å². The molecule has 0 aliphatic carbocycles. The van der Waals surface area contributed by atoms with Gasteiger partial charge in [-0.05, 0) is 35.1 Å². The molecule has 0 radical (unpaired) electrons. The van der Waals surface area contributed by atoms with E-state index in [-0.39, 0.29) is 10.3 Å². The first-order chi connectivity index (χ1) is 11.6. The lowest BCUT2D eigenvalue weighted by molar-refractivity contribution is 0.590. The largest absolute Gasteiger partial charge is 0.375 e. The van der Waals surface area contributed by atoms with Crippen LogP contribution in [-0.2, 0) is 21.9 Å². The molecule has 0 heterocycles. The highest BCUT2D eigenvalue weighted by molar-refractivity contribution is 7.89. The molecule has 3 N–H and O–H groups in total. The fourth-order valence-corrected chi connectivity index (χ4v) is 3.14. The van der Waals surface area contributed by atoms with Gasteiger partial charge in [0.05, 0.1) is 4.90 Å². The van der Waals surface area contributed by atoms with Crippen molar-refractivity contribution in [2.75, 3.05) is 6.54 Å². The van der Waals surface area contributed by atoms with E-state index in [0.717, 1.165) is 17.5 Å². The number of rotatable bonds is 5. The maximum Gasteiger partial charge on any atom is 0.238 e. The summed E-state index contributed by atoms with van der Waals surface area (Å²) in [4.78, 5) is 0.834. The van der Waals surface area contributed by atoms with Gasteiger partial charge in [0.15, 0.2) is 0 Å². The second-order valence-electron chi connectivity index (χ2n) is 7.02. The highest BCUT2D eigenvalue weighted by Gasteiger charge is 2.13. The molecule has 0 saturated heterocycles. The fraction of sp³-hybridized carbons (Fsp3) is 0.316. The third-order valence-electron chi connectivity index (χ3n) is 3.96. The molecular weight excluding hydrogens is 352 g/mol. The summed E-state index contributed by atoms with van der Waals surface area (Å²) in [6.45, 7) is 7.22. The molecule has 0 aliphatic rings. The molecule has 0 aliphatic heterocycles. The van der Waals surface area contributed by atoms with Crippen LogP contribution < -0.4 is 10.5 Å². The summed E-state index contributed by atoms with van der Waals surface area (Å²) < 4.78 is 22.5. The summed E-state index contributed by atoms with van der Waals surface area (Å²) in [6.07, 6.45) is 0.741. The van der Waals surface area contributed by atoms with E-state index >= 15 is 0 Å². The van der Waals surface area contributed by atoms with Gasteiger partial charge >= 0.3 is 0 Å². The standard InChI is InChI=1S/C19H24N2O2S2/c1-19(2,3)16-8-6-15(7-9-16)18(24)21-13-12-14-4-10-17(11-5-14)25(20,22)23/h4-11H,12-13H2,1-3H3,(H,21,24)(H2,20,22,23). The van der Waals surface area contributed by atoms with E-state index in [1.165, 1.54) is 17.7 Å². The number of sulfonamides is 1. The average Bonchev–Trinajstić information content (AvgIpc) is 2.54.